The highest BCUT2D eigenvalue weighted by molar-refractivity contribution is 5.81. The van der Waals surface area contributed by atoms with Gasteiger partial charge in [-0.15, -0.1) is 0 Å². The predicted molar refractivity (Wildman–Crippen MR) is 109 cm³/mol. The molecule has 2 amide bonds. The molecule has 1 unspecified atom stereocenters. The second kappa shape index (κ2) is 7.62. The minimum absolute atomic E-state index is 0.185. The van der Waals surface area contributed by atoms with Gasteiger partial charge in [0.1, 0.15) is 0 Å². The molecule has 28 heavy (non-hydrogen) atoms. The van der Waals surface area contributed by atoms with Crippen molar-refractivity contribution in [1.29, 1.82) is 0 Å². The Balaban J connectivity index is 1.15. The molecule has 156 valence electrons. The Kier molecular flexibility index (Phi) is 5.14. The first-order valence-corrected chi connectivity index (χ1v) is 11.9. The van der Waals surface area contributed by atoms with Crippen molar-refractivity contribution in [3.63, 3.8) is 0 Å². The molecule has 5 heteroatoms. The van der Waals surface area contributed by atoms with Crippen LogP contribution < -0.4 is 0 Å². The summed E-state index contributed by atoms with van der Waals surface area (Å²) in [6.07, 6.45) is 11.9. The number of piperidine rings is 2. The van der Waals surface area contributed by atoms with Gasteiger partial charge in [0.25, 0.3) is 0 Å². The molecule has 3 aliphatic carbocycles. The minimum Gasteiger partial charge on any atom is -0.342 e. The van der Waals surface area contributed by atoms with Gasteiger partial charge in [-0.2, -0.15) is 0 Å². The number of hydrogen-bond acceptors (Lipinski definition) is 3. The number of amides is 2. The van der Waals surface area contributed by atoms with Crippen molar-refractivity contribution in [1.82, 2.24) is 14.7 Å². The van der Waals surface area contributed by atoms with Crippen LogP contribution in [-0.2, 0) is 9.59 Å². The monoisotopic (exact) mass is 387 g/mol. The maximum absolute atomic E-state index is 13.3. The van der Waals surface area contributed by atoms with Crippen molar-refractivity contribution in [2.75, 3.05) is 33.2 Å². The van der Waals surface area contributed by atoms with Gasteiger partial charge in [0, 0.05) is 44.7 Å². The topological polar surface area (TPSA) is 43.9 Å². The Labute approximate surface area is 169 Å². The number of nitrogens with zero attached hydrogens (tertiary/aromatic N) is 3. The van der Waals surface area contributed by atoms with Crippen LogP contribution in [0.25, 0.3) is 0 Å². The SMILES string of the molecule is CN(C(=O)C1CCCN(C2CCN(C(=O)C3CC3)CC2)C1)C(C1CC1)C1CC1. The van der Waals surface area contributed by atoms with E-state index in [0.29, 0.717) is 29.8 Å². The van der Waals surface area contributed by atoms with Crippen LogP contribution in [0.2, 0.25) is 0 Å². The Morgan fingerprint density at radius 3 is 2.04 bits per heavy atom. The van der Waals surface area contributed by atoms with Crippen LogP contribution >= 0.6 is 0 Å². The summed E-state index contributed by atoms with van der Waals surface area (Å²) in [6.45, 7) is 3.90. The van der Waals surface area contributed by atoms with Crippen LogP contribution in [0.5, 0.6) is 0 Å². The second-order valence-electron chi connectivity index (χ2n) is 10.3. The van der Waals surface area contributed by atoms with E-state index in [1.165, 1.54) is 25.7 Å². The summed E-state index contributed by atoms with van der Waals surface area (Å²) in [7, 11) is 2.09. The van der Waals surface area contributed by atoms with Crippen LogP contribution in [0.3, 0.4) is 0 Å². The van der Waals surface area contributed by atoms with E-state index in [1.807, 2.05) is 0 Å². The molecule has 0 radical (unpaired) electrons. The van der Waals surface area contributed by atoms with E-state index < -0.39 is 0 Å². The number of carbonyl (C=O) groups excluding carboxylic acids is 2. The molecular weight excluding hydrogens is 350 g/mol. The summed E-state index contributed by atoms with van der Waals surface area (Å²) >= 11 is 0. The van der Waals surface area contributed by atoms with E-state index in [4.69, 9.17) is 0 Å². The average Bonchev–Trinajstić information content (AvgIpc) is 3.59. The normalized spacial score (nSPS) is 29.9. The van der Waals surface area contributed by atoms with E-state index >= 15 is 0 Å². The minimum atomic E-state index is 0.185. The zero-order chi connectivity index (χ0) is 19.3. The molecule has 5 rings (SSSR count). The molecular formula is C23H37N3O2. The zero-order valence-electron chi connectivity index (χ0n) is 17.5. The zero-order valence-corrected chi connectivity index (χ0v) is 17.5. The molecule has 2 aliphatic heterocycles. The van der Waals surface area contributed by atoms with Gasteiger partial charge in [-0.1, -0.05) is 0 Å². The highest BCUT2D eigenvalue weighted by Gasteiger charge is 2.46. The number of carbonyl (C=O) groups is 2. The third-order valence-electron chi connectivity index (χ3n) is 8.03. The maximum Gasteiger partial charge on any atom is 0.226 e. The third-order valence-corrected chi connectivity index (χ3v) is 8.03. The van der Waals surface area contributed by atoms with Crippen molar-refractivity contribution < 1.29 is 9.59 Å². The summed E-state index contributed by atoms with van der Waals surface area (Å²) < 4.78 is 0. The average molecular weight is 388 g/mol. The van der Waals surface area contributed by atoms with Crippen LogP contribution in [0.4, 0.5) is 0 Å². The summed E-state index contributed by atoms with van der Waals surface area (Å²) in [5.41, 5.74) is 0. The lowest BCUT2D eigenvalue weighted by atomic mass is 9.92. The van der Waals surface area contributed by atoms with Gasteiger partial charge >= 0.3 is 0 Å². The standard InChI is InChI=1S/C23H37N3O2/c1-24(21(16-4-5-16)17-6-7-17)22(27)19-3-2-12-26(15-19)20-10-13-25(14-11-20)23(28)18-8-9-18/h16-21H,2-15H2,1H3. The number of hydrogen-bond donors (Lipinski definition) is 0. The first-order valence-electron chi connectivity index (χ1n) is 11.9. The molecule has 2 heterocycles. The molecule has 0 aromatic rings. The molecule has 0 aromatic carbocycles. The van der Waals surface area contributed by atoms with Gasteiger partial charge in [-0.25, -0.2) is 0 Å². The molecule has 5 nitrogen and oxygen atoms in total. The smallest absolute Gasteiger partial charge is 0.226 e. The van der Waals surface area contributed by atoms with Crippen molar-refractivity contribution >= 4 is 11.8 Å². The van der Waals surface area contributed by atoms with Crippen LogP contribution in [0, 0.1) is 23.7 Å². The van der Waals surface area contributed by atoms with E-state index in [0.717, 1.165) is 76.5 Å². The van der Waals surface area contributed by atoms with Crippen LogP contribution in [0.1, 0.15) is 64.2 Å². The van der Waals surface area contributed by atoms with Gasteiger partial charge in [0.05, 0.1) is 5.92 Å². The fourth-order valence-electron chi connectivity index (χ4n) is 5.91. The summed E-state index contributed by atoms with van der Waals surface area (Å²) in [6, 6.07) is 1.09. The lowest BCUT2D eigenvalue weighted by Crippen LogP contribution is -2.53. The third kappa shape index (κ3) is 3.96. The summed E-state index contributed by atoms with van der Waals surface area (Å²) in [5, 5.41) is 0. The lowest BCUT2D eigenvalue weighted by Gasteiger charge is -2.43. The van der Waals surface area contributed by atoms with Crippen molar-refractivity contribution in [2.24, 2.45) is 23.7 Å². The molecule has 3 saturated carbocycles. The largest absolute Gasteiger partial charge is 0.342 e. The van der Waals surface area contributed by atoms with E-state index in [9.17, 15) is 9.59 Å². The molecule has 0 aromatic heterocycles. The van der Waals surface area contributed by atoms with E-state index in [2.05, 4.69) is 21.7 Å². The Bertz CT molecular complexity index is 591. The molecule has 1 atom stereocenters. The quantitative estimate of drug-likeness (QED) is 0.704. The molecule has 5 aliphatic rings. The van der Waals surface area contributed by atoms with Gasteiger partial charge < -0.3 is 9.80 Å². The van der Waals surface area contributed by atoms with E-state index in [1.54, 1.807) is 0 Å². The maximum atomic E-state index is 13.3. The highest BCUT2D eigenvalue weighted by atomic mass is 16.2. The fraction of sp³-hybridized carbons (Fsp3) is 0.913. The second-order valence-corrected chi connectivity index (χ2v) is 10.3. The number of rotatable bonds is 6. The van der Waals surface area contributed by atoms with Crippen LogP contribution in [0.15, 0.2) is 0 Å². The Morgan fingerprint density at radius 1 is 0.821 bits per heavy atom. The molecule has 0 spiro atoms. The molecule has 0 bridgehead atoms. The molecule has 0 N–H and O–H groups in total. The van der Waals surface area contributed by atoms with Crippen LogP contribution in [-0.4, -0.2) is 71.8 Å². The van der Waals surface area contributed by atoms with Crippen molar-refractivity contribution in [2.45, 2.75) is 76.3 Å². The summed E-state index contributed by atoms with van der Waals surface area (Å²) in [5.74, 6) is 2.91. The summed E-state index contributed by atoms with van der Waals surface area (Å²) in [4.78, 5) is 32.5. The first kappa shape index (κ1) is 18.9. The Hall–Kier alpha value is -1.10. The predicted octanol–water partition coefficient (Wildman–Crippen LogP) is 2.75. The Morgan fingerprint density at radius 2 is 1.46 bits per heavy atom. The highest BCUT2D eigenvalue weighted by Crippen LogP contribution is 2.47. The lowest BCUT2D eigenvalue weighted by molar-refractivity contribution is -0.139. The van der Waals surface area contributed by atoms with E-state index in [-0.39, 0.29) is 5.92 Å². The van der Waals surface area contributed by atoms with Crippen molar-refractivity contribution in [3.05, 3.63) is 0 Å². The fourth-order valence-corrected chi connectivity index (χ4v) is 5.91. The first-order chi connectivity index (χ1) is 13.6. The van der Waals surface area contributed by atoms with Gasteiger partial charge in [0.2, 0.25) is 11.8 Å². The van der Waals surface area contributed by atoms with Gasteiger partial charge in [0.15, 0.2) is 0 Å². The molecule has 2 saturated heterocycles. The number of likely N-dealkylation sites (tertiary alicyclic amines) is 2. The van der Waals surface area contributed by atoms with Gasteiger partial charge in [-0.05, 0) is 82.6 Å². The van der Waals surface area contributed by atoms with Gasteiger partial charge in [-0.3, -0.25) is 14.5 Å². The molecule has 5 fully saturated rings. The van der Waals surface area contributed by atoms with Crippen molar-refractivity contribution in [3.8, 4) is 0 Å².